The molecule has 4 nitrogen and oxygen atoms in total. The molecule has 1 aliphatic rings. The average Bonchev–Trinajstić information content (AvgIpc) is 2.99. The molecule has 0 radical (unpaired) electrons. The number of hydrogen-bond donors (Lipinski definition) is 3. The molecule has 2 aromatic rings. The summed E-state index contributed by atoms with van der Waals surface area (Å²) in [6.07, 6.45) is 1.47. The number of hydrogen-bond acceptors (Lipinski definition) is 4. The van der Waals surface area contributed by atoms with Crippen LogP contribution in [-0.2, 0) is 13.0 Å². The van der Waals surface area contributed by atoms with Crippen LogP contribution in [0.25, 0.3) is 0 Å². The fourth-order valence-electron chi connectivity index (χ4n) is 2.85. The van der Waals surface area contributed by atoms with Crippen LogP contribution >= 0.6 is 11.6 Å². The molecule has 2 atom stereocenters. The van der Waals surface area contributed by atoms with E-state index < -0.39 is 6.23 Å². The lowest BCUT2D eigenvalue weighted by Gasteiger charge is -2.15. The summed E-state index contributed by atoms with van der Waals surface area (Å²) < 4.78 is 5.79. The van der Waals surface area contributed by atoms with Crippen LogP contribution in [0.5, 0.6) is 5.75 Å². The first-order chi connectivity index (χ1) is 11.7. The lowest BCUT2D eigenvalue weighted by Crippen LogP contribution is -2.41. The van der Waals surface area contributed by atoms with Crippen LogP contribution in [0.3, 0.4) is 0 Å². The molecule has 0 aliphatic carbocycles. The van der Waals surface area contributed by atoms with E-state index in [4.69, 9.17) is 16.3 Å². The van der Waals surface area contributed by atoms with Gasteiger partial charge in [-0.05, 0) is 61.3 Å². The van der Waals surface area contributed by atoms with E-state index in [0.29, 0.717) is 6.61 Å². The SMILES string of the molecule is OC1NCCC1NCCc1ccc(OCc2cccc(Cl)c2)cc1. The summed E-state index contributed by atoms with van der Waals surface area (Å²) in [5.41, 5.74) is 2.30. The Morgan fingerprint density at radius 1 is 1.17 bits per heavy atom. The molecule has 0 spiro atoms. The zero-order valence-corrected chi connectivity index (χ0v) is 14.3. The lowest BCUT2D eigenvalue weighted by atomic mass is 10.1. The maximum atomic E-state index is 9.69. The van der Waals surface area contributed by atoms with Gasteiger partial charge in [-0.25, -0.2) is 0 Å². The van der Waals surface area contributed by atoms with Crippen LogP contribution in [0, 0.1) is 0 Å². The van der Waals surface area contributed by atoms with Gasteiger partial charge in [0.05, 0.1) is 0 Å². The third kappa shape index (κ3) is 4.95. The van der Waals surface area contributed by atoms with E-state index >= 15 is 0 Å². The second kappa shape index (κ2) is 8.49. The minimum absolute atomic E-state index is 0.158. The van der Waals surface area contributed by atoms with Gasteiger partial charge in [0.1, 0.15) is 18.6 Å². The highest BCUT2D eigenvalue weighted by Crippen LogP contribution is 2.16. The Kier molecular flexibility index (Phi) is 6.10. The molecule has 1 fully saturated rings. The molecule has 0 aromatic heterocycles. The van der Waals surface area contributed by atoms with Gasteiger partial charge in [0.2, 0.25) is 0 Å². The van der Waals surface area contributed by atoms with Crippen LogP contribution in [0.15, 0.2) is 48.5 Å². The number of nitrogens with one attached hydrogen (secondary N) is 2. The highest BCUT2D eigenvalue weighted by atomic mass is 35.5. The fourth-order valence-corrected chi connectivity index (χ4v) is 3.06. The van der Waals surface area contributed by atoms with Crippen molar-refractivity contribution in [2.75, 3.05) is 13.1 Å². The highest BCUT2D eigenvalue weighted by molar-refractivity contribution is 6.30. The molecule has 3 rings (SSSR count). The predicted molar refractivity (Wildman–Crippen MR) is 96.3 cm³/mol. The van der Waals surface area contributed by atoms with Crippen molar-refractivity contribution >= 4 is 11.6 Å². The summed E-state index contributed by atoms with van der Waals surface area (Å²) in [6, 6.07) is 16.0. The number of aliphatic hydroxyl groups excluding tert-OH is 1. The minimum Gasteiger partial charge on any atom is -0.489 e. The Morgan fingerprint density at radius 2 is 2.00 bits per heavy atom. The largest absolute Gasteiger partial charge is 0.489 e. The van der Waals surface area contributed by atoms with Crippen molar-refractivity contribution in [3.63, 3.8) is 0 Å². The van der Waals surface area contributed by atoms with Crippen molar-refractivity contribution in [2.45, 2.75) is 31.7 Å². The van der Waals surface area contributed by atoms with Gasteiger partial charge in [0.15, 0.2) is 0 Å². The topological polar surface area (TPSA) is 53.5 Å². The summed E-state index contributed by atoms with van der Waals surface area (Å²) in [7, 11) is 0. The number of benzene rings is 2. The zero-order valence-electron chi connectivity index (χ0n) is 13.5. The van der Waals surface area contributed by atoms with Crippen LogP contribution in [0.1, 0.15) is 17.5 Å². The Hall–Kier alpha value is -1.59. The maximum absolute atomic E-state index is 9.69. The van der Waals surface area contributed by atoms with Crippen molar-refractivity contribution in [2.24, 2.45) is 0 Å². The first kappa shape index (κ1) is 17.2. The molecule has 2 aromatic carbocycles. The Labute approximate surface area is 147 Å². The molecular weight excluding hydrogens is 324 g/mol. The lowest BCUT2D eigenvalue weighted by molar-refractivity contribution is 0.129. The maximum Gasteiger partial charge on any atom is 0.120 e. The Bertz CT molecular complexity index is 648. The molecule has 3 N–H and O–H groups in total. The van der Waals surface area contributed by atoms with Gasteiger partial charge in [-0.1, -0.05) is 35.9 Å². The van der Waals surface area contributed by atoms with Crippen molar-refractivity contribution < 1.29 is 9.84 Å². The molecule has 1 saturated heterocycles. The van der Waals surface area contributed by atoms with Gasteiger partial charge in [-0.3, -0.25) is 5.32 Å². The molecule has 0 amide bonds. The molecule has 1 aliphatic heterocycles. The molecule has 5 heteroatoms. The first-order valence-electron chi connectivity index (χ1n) is 8.32. The van der Waals surface area contributed by atoms with Crippen molar-refractivity contribution in [1.29, 1.82) is 0 Å². The standard InChI is InChI=1S/C19H23ClN2O2/c20-16-3-1-2-15(12-16)13-24-17-6-4-14(5-7-17)8-10-21-18-9-11-22-19(18)23/h1-7,12,18-19,21-23H,8-11,13H2. The smallest absolute Gasteiger partial charge is 0.120 e. The quantitative estimate of drug-likeness (QED) is 0.721. The first-order valence-corrected chi connectivity index (χ1v) is 8.69. The molecule has 2 unspecified atom stereocenters. The van der Waals surface area contributed by atoms with E-state index in [1.165, 1.54) is 5.56 Å². The molecule has 1 heterocycles. The summed E-state index contributed by atoms with van der Waals surface area (Å²) >= 11 is 5.97. The predicted octanol–water partition coefficient (Wildman–Crippen LogP) is 2.73. The van der Waals surface area contributed by atoms with E-state index in [-0.39, 0.29) is 6.04 Å². The van der Waals surface area contributed by atoms with Gasteiger partial charge >= 0.3 is 0 Å². The molecule has 128 valence electrons. The molecule has 0 bridgehead atoms. The van der Waals surface area contributed by atoms with E-state index in [2.05, 4.69) is 22.8 Å². The van der Waals surface area contributed by atoms with E-state index in [1.807, 2.05) is 36.4 Å². The second-order valence-corrected chi connectivity index (χ2v) is 6.50. The van der Waals surface area contributed by atoms with Crippen molar-refractivity contribution in [3.05, 3.63) is 64.7 Å². The number of rotatable bonds is 7. The van der Waals surface area contributed by atoms with Crippen molar-refractivity contribution in [3.8, 4) is 5.75 Å². The summed E-state index contributed by atoms with van der Waals surface area (Å²) in [5, 5.41) is 16.8. The second-order valence-electron chi connectivity index (χ2n) is 6.06. The number of halogens is 1. The minimum atomic E-state index is -0.424. The van der Waals surface area contributed by atoms with Crippen LogP contribution in [-0.4, -0.2) is 30.5 Å². The van der Waals surface area contributed by atoms with Gasteiger partial charge in [-0.15, -0.1) is 0 Å². The monoisotopic (exact) mass is 346 g/mol. The summed E-state index contributed by atoms with van der Waals surface area (Å²) in [4.78, 5) is 0. The molecular formula is C19H23ClN2O2. The van der Waals surface area contributed by atoms with Crippen LogP contribution in [0.4, 0.5) is 0 Å². The van der Waals surface area contributed by atoms with E-state index in [0.717, 1.165) is 42.3 Å². The van der Waals surface area contributed by atoms with Gasteiger partial charge in [0, 0.05) is 11.1 Å². The molecule has 24 heavy (non-hydrogen) atoms. The zero-order chi connectivity index (χ0) is 16.8. The Balaban J connectivity index is 1.43. The number of ether oxygens (including phenoxy) is 1. The average molecular weight is 347 g/mol. The van der Waals surface area contributed by atoms with Crippen LogP contribution < -0.4 is 15.4 Å². The third-order valence-corrected chi connectivity index (χ3v) is 4.46. The normalized spacial score (nSPS) is 20.2. The van der Waals surface area contributed by atoms with Crippen LogP contribution in [0.2, 0.25) is 5.02 Å². The Morgan fingerprint density at radius 3 is 2.71 bits per heavy atom. The summed E-state index contributed by atoms with van der Waals surface area (Å²) in [6.45, 7) is 2.23. The van der Waals surface area contributed by atoms with E-state index in [9.17, 15) is 5.11 Å². The molecule has 0 saturated carbocycles. The van der Waals surface area contributed by atoms with Gasteiger partial charge in [-0.2, -0.15) is 0 Å². The third-order valence-electron chi connectivity index (χ3n) is 4.23. The fraction of sp³-hybridized carbons (Fsp3) is 0.368. The van der Waals surface area contributed by atoms with Gasteiger partial charge in [0.25, 0.3) is 0 Å². The van der Waals surface area contributed by atoms with E-state index in [1.54, 1.807) is 0 Å². The van der Waals surface area contributed by atoms with Crippen molar-refractivity contribution in [1.82, 2.24) is 10.6 Å². The van der Waals surface area contributed by atoms with Gasteiger partial charge < -0.3 is 15.2 Å². The summed E-state index contributed by atoms with van der Waals surface area (Å²) in [5.74, 6) is 0.849. The number of aliphatic hydroxyl groups is 1. The highest BCUT2D eigenvalue weighted by Gasteiger charge is 2.23.